The quantitative estimate of drug-likeness (QED) is 0.580. The van der Waals surface area contributed by atoms with Gasteiger partial charge in [-0.2, -0.15) is 0 Å². The summed E-state index contributed by atoms with van der Waals surface area (Å²) in [6.07, 6.45) is 5.14. The minimum absolute atomic E-state index is 0.480. The van der Waals surface area contributed by atoms with Gasteiger partial charge in [-0.3, -0.25) is 0 Å². The number of nitrogens with zero attached hydrogens (tertiary/aromatic N) is 1. The smallest absolute Gasteiger partial charge is 0.0462 e. The van der Waals surface area contributed by atoms with E-state index in [1.165, 1.54) is 25.7 Å². The van der Waals surface area contributed by atoms with Crippen LogP contribution in [0, 0.1) is 17.2 Å². The van der Waals surface area contributed by atoms with Gasteiger partial charge < -0.3 is 5.73 Å². The van der Waals surface area contributed by atoms with Crippen molar-refractivity contribution in [3.05, 3.63) is 0 Å². The van der Waals surface area contributed by atoms with Crippen LogP contribution in [0.4, 0.5) is 0 Å². The summed E-state index contributed by atoms with van der Waals surface area (Å²) in [5.74, 6) is 0. The van der Waals surface area contributed by atoms with Gasteiger partial charge in [-0.25, -0.2) is 5.26 Å². The zero-order valence-corrected chi connectivity index (χ0v) is 7.51. The lowest BCUT2D eigenvalue weighted by molar-refractivity contribution is 0.221. The molecule has 11 heavy (non-hydrogen) atoms. The first kappa shape index (κ1) is 10.4. The molecule has 1 aliphatic carbocycles. The second-order valence-corrected chi connectivity index (χ2v) is 4.02. The molecule has 2 heteroatoms. The zero-order valence-electron chi connectivity index (χ0n) is 7.51. The van der Waals surface area contributed by atoms with E-state index < -0.39 is 0 Å². The fraction of sp³-hybridized carbons (Fsp3) is 0.889. The van der Waals surface area contributed by atoms with E-state index in [1.54, 1.807) is 0 Å². The van der Waals surface area contributed by atoms with E-state index in [0.717, 1.165) is 0 Å². The lowest BCUT2D eigenvalue weighted by Crippen LogP contribution is -2.32. The molecule has 1 aliphatic rings. The molecule has 0 aromatic carbocycles. The molecule has 1 saturated carbocycles. The molecule has 64 valence electrons. The highest BCUT2D eigenvalue weighted by Crippen LogP contribution is 2.33. The van der Waals surface area contributed by atoms with Gasteiger partial charge in [0.1, 0.15) is 0 Å². The highest BCUT2D eigenvalue weighted by Gasteiger charge is 2.25. The van der Waals surface area contributed by atoms with Crippen molar-refractivity contribution in [1.82, 2.24) is 0 Å². The monoisotopic (exact) mass is 154 g/mol. The van der Waals surface area contributed by atoms with Gasteiger partial charge in [0.05, 0.1) is 0 Å². The van der Waals surface area contributed by atoms with Gasteiger partial charge >= 0.3 is 0 Å². The Kier molecular flexibility index (Phi) is 4.14. The van der Waals surface area contributed by atoms with E-state index in [-0.39, 0.29) is 0 Å². The molecule has 0 spiro atoms. The molecule has 0 radical (unpaired) electrons. The second kappa shape index (κ2) is 4.35. The van der Waals surface area contributed by atoms with E-state index >= 15 is 0 Å². The minimum atomic E-state index is 0.480. The Labute approximate surface area is 69.4 Å². The summed E-state index contributed by atoms with van der Waals surface area (Å²) < 4.78 is 0. The van der Waals surface area contributed by atoms with Crippen molar-refractivity contribution in [2.75, 3.05) is 0 Å². The van der Waals surface area contributed by atoms with Gasteiger partial charge in [-0.05, 0) is 24.7 Å². The maximum absolute atomic E-state index is 6.50. The molecule has 1 fully saturated rings. The van der Waals surface area contributed by atoms with Gasteiger partial charge in [0.25, 0.3) is 0 Å². The lowest BCUT2D eigenvalue weighted by Gasteiger charge is -2.33. The van der Waals surface area contributed by atoms with Crippen LogP contribution in [-0.2, 0) is 0 Å². The molecule has 0 saturated heterocycles. The molecular formula is C9H18N2. The van der Waals surface area contributed by atoms with Gasteiger partial charge in [0.2, 0.25) is 0 Å². The Morgan fingerprint density at radius 1 is 1.45 bits per heavy atom. The van der Waals surface area contributed by atoms with Gasteiger partial charge in [-0.15, -0.1) is 0 Å². The summed E-state index contributed by atoms with van der Waals surface area (Å²) in [5, 5.41) is 6.50. The van der Waals surface area contributed by atoms with Crippen LogP contribution < -0.4 is 5.73 Å². The second-order valence-electron chi connectivity index (χ2n) is 4.02. The van der Waals surface area contributed by atoms with E-state index in [9.17, 15) is 0 Å². The maximum atomic E-state index is 6.50. The Bertz CT molecular complexity index is 127. The van der Waals surface area contributed by atoms with Crippen molar-refractivity contribution in [2.45, 2.75) is 45.6 Å². The SMILES string of the molecule is C#N.CC1(C)CCCC(N)C1. The van der Waals surface area contributed by atoms with E-state index in [1.807, 2.05) is 0 Å². The first-order valence-corrected chi connectivity index (χ1v) is 4.12. The largest absolute Gasteiger partial charge is 0.328 e. The molecule has 1 rings (SSSR count). The van der Waals surface area contributed by atoms with Crippen molar-refractivity contribution < 1.29 is 0 Å². The summed E-state index contributed by atoms with van der Waals surface area (Å²) >= 11 is 0. The first-order valence-electron chi connectivity index (χ1n) is 4.12. The standard InChI is InChI=1S/C8H17N.CHN/c1-8(2)5-3-4-7(9)6-8;1-2/h7H,3-6,9H2,1-2H3;1H. The van der Waals surface area contributed by atoms with Crippen molar-refractivity contribution in [2.24, 2.45) is 11.1 Å². The number of nitrogens with two attached hydrogens (primary N) is 1. The van der Waals surface area contributed by atoms with Crippen molar-refractivity contribution in [3.8, 4) is 6.57 Å². The summed E-state index contributed by atoms with van der Waals surface area (Å²) in [7, 11) is 0. The molecule has 0 aliphatic heterocycles. The van der Waals surface area contributed by atoms with Crippen molar-refractivity contribution in [3.63, 3.8) is 0 Å². The third kappa shape index (κ3) is 4.00. The molecule has 0 bridgehead atoms. The minimum Gasteiger partial charge on any atom is -0.328 e. The fourth-order valence-corrected chi connectivity index (χ4v) is 1.76. The summed E-state index contributed by atoms with van der Waals surface area (Å²) in [6.45, 7) is 8.12. The predicted octanol–water partition coefficient (Wildman–Crippen LogP) is 2.05. The molecule has 0 aromatic rings. The predicted molar refractivity (Wildman–Crippen MR) is 46.9 cm³/mol. The van der Waals surface area contributed by atoms with Crippen molar-refractivity contribution >= 4 is 0 Å². The van der Waals surface area contributed by atoms with Crippen LogP contribution in [0.1, 0.15) is 39.5 Å². The molecule has 1 unspecified atom stereocenters. The van der Waals surface area contributed by atoms with Gasteiger partial charge in [0.15, 0.2) is 0 Å². The van der Waals surface area contributed by atoms with Crippen LogP contribution in [0.2, 0.25) is 0 Å². The number of rotatable bonds is 0. The normalized spacial score (nSPS) is 28.3. The molecule has 0 heterocycles. The van der Waals surface area contributed by atoms with Crippen LogP contribution in [0.3, 0.4) is 0 Å². The van der Waals surface area contributed by atoms with Crippen LogP contribution in [0.5, 0.6) is 0 Å². The number of hydrogen-bond donors (Lipinski definition) is 1. The van der Waals surface area contributed by atoms with Gasteiger partial charge in [-0.1, -0.05) is 20.3 Å². The van der Waals surface area contributed by atoms with Gasteiger partial charge in [0, 0.05) is 12.6 Å². The third-order valence-electron chi connectivity index (χ3n) is 2.24. The van der Waals surface area contributed by atoms with Crippen LogP contribution >= 0.6 is 0 Å². The van der Waals surface area contributed by atoms with E-state index in [0.29, 0.717) is 11.5 Å². The molecule has 1 atom stereocenters. The zero-order chi connectivity index (χ0) is 8.91. The number of hydrogen-bond acceptors (Lipinski definition) is 2. The van der Waals surface area contributed by atoms with Crippen LogP contribution in [-0.4, -0.2) is 6.04 Å². The molecule has 2 nitrogen and oxygen atoms in total. The molecule has 0 amide bonds. The molecule has 2 N–H and O–H groups in total. The summed E-state index contributed by atoms with van der Waals surface area (Å²) in [6, 6.07) is 0.480. The van der Waals surface area contributed by atoms with Crippen LogP contribution in [0.25, 0.3) is 0 Å². The molecule has 0 aromatic heterocycles. The molecular weight excluding hydrogens is 136 g/mol. The number of nitriles is 1. The Balaban J connectivity index is 0.000000461. The first-order chi connectivity index (χ1) is 5.10. The van der Waals surface area contributed by atoms with E-state index in [2.05, 4.69) is 20.4 Å². The Morgan fingerprint density at radius 2 is 2.00 bits per heavy atom. The topological polar surface area (TPSA) is 49.8 Å². The average molecular weight is 154 g/mol. The summed E-state index contributed by atoms with van der Waals surface area (Å²) in [4.78, 5) is 0. The van der Waals surface area contributed by atoms with Crippen molar-refractivity contribution in [1.29, 1.82) is 5.26 Å². The highest BCUT2D eigenvalue weighted by molar-refractivity contribution is 4.80. The van der Waals surface area contributed by atoms with E-state index in [4.69, 9.17) is 11.0 Å². The Morgan fingerprint density at radius 3 is 2.27 bits per heavy atom. The third-order valence-corrected chi connectivity index (χ3v) is 2.24. The summed E-state index contributed by atoms with van der Waals surface area (Å²) in [5.41, 5.74) is 6.34. The highest BCUT2D eigenvalue weighted by atomic mass is 14.6. The average Bonchev–Trinajstić information content (AvgIpc) is 1.89. The Hall–Kier alpha value is -0.550. The fourth-order valence-electron chi connectivity index (χ4n) is 1.76. The maximum Gasteiger partial charge on any atom is 0.0462 e. The van der Waals surface area contributed by atoms with Crippen LogP contribution in [0.15, 0.2) is 0 Å². The lowest BCUT2D eigenvalue weighted by atomic mass is 9.75.